The van der Waals surface area contributed by atoms with Gasteiger partial charge in [0.05, 0.1) is 16.5 Å². The Morgan fingerprint density at radius 1 is 1.48 bits per heavy atom. The van der Waals surface area contributed by atoms with Crippen LogP contribution < -0.4 is 0 Å². The number of hydrogen-bond acceptors (Lipinski definition) is 4. The van der Waals surface area contributed by atoms with Gasteiger partial charge in [0.2, 0.25) is 0 Å². The molecular formula is C13H11BrClN3O2S. The van der Waals surface area contributed by atoms with Crippen LogP contribution in [0.5, 0.6) is 0 Å². The zero-order valence-corrected chi connectivity index (χ0v) is 14.0. The lowest BCUT2D eigenvalue weighted by atomic mass is 10.3. The number of hydrogen-bond donors (Lipinski definition) is 1. The number of halogens is 2. The Kier molecular flexibility index (Phi) is 4.24. The van der Waals surface area contributed by atoms with Crippen LogP contribution in [-0.2, 0) is 4.79 Å². The highest BCUT2D eigenvalue weighted by Crippen LogP contribution is 2.42. The Balaban J connectivity index is 2.05. The third-order valence-corrected chi connectivity index (χ3v) is 4.79. The molecule has 1 N–H and O–H groups in total. The average Bonchev–Trinajstić information content (AvgIpc) is 3.18. The minimum atomic E-state index is -0.885. The summed E-state index contributed by atoms with van der Waals surface area (Å²) in [5.41, 5.74) is 0.777. The second-order valence-electron chi connectivity index (χ2n) is 4.73. The molecule has 0 spiro atoms. The highest BCUT2D eigenvalue weighted by molar-refractivity contribution is 9.10. The van der Waals surface area contributed by atoms with Crippen molar-refractivity contribution in [2.75, 3.05) is 5.75 Å². The summed E-state index contributed by atoms with van der Waals surface area (Å²) in [6.45, 7) is 0. The molecule has 8 heteroatoms. The zero-order chi connectivity index (χ0) is 15.0. The molecule has 0 aliphatic heterocycles. The van der Waals surface area contributed by atoms with Crippen molar-refractivity contribution >= 4 is 45.3 Å². The van der Waals surface area contributed by atoms with Crippen molar-refractivity contribution in [1.82, 2.24) is 14.8 Å². The van der Waals surface area contributed by atoms with E-state index in [1.54, 1.807) is 6.07 Å². The molecule has 0 unspecified atom stereocenters. The van der Waals surface area contributed by atoms with Crippen LogP contribution in [0.25, 0.3) is 5.69 Å². The molecule has 0 atom stereocenters. The summed E-state index contributed by atoms with van der Waals surface area (Å²) in [5.74, 6) is 0.296. The first-order chi connectivity index (χ1) is 10.1. The molecule has 21 heavy (non-hydrogen) atoms. The monoisotopic (exact) mass is 387 g/mol. The normalized spacial score (nSPS) is 14.4. The predicted octanol–water partition coefficient (Wildman–Crippen LogP) is 3.74. The van der Waals surface area contributed by atoms with Crippen LogP contribution in [0.4, 0.5) is 0 Å². The van der Waals surface area contributed by atoms with Crippen LogP contribution >= 0.6 is 39.3 Å². The van der Waals surface area contributed by atoms with E-state index >= 15 is 0 Å². The summed E-state index contributed by atoms with van der Waals surface area (Å²) in [5, 5.41) is 18.3. The fourth-order valence-corrected chi connectivity index (χ4v) is 3.43. The summed E-state index contributed by atoms with van der Waals surface area (Å²) < 4.78 is 2.76. The third kappa shape index (κ3) is 3.25. The van der Waals surface area contributed by atoms with E-state index in [1.807, 2.05) is 16.7 Å². The van der Waals surface area contributed by atoms with Crippen molar-refractivity contribution in [3.05, 3.63) is 33.5 Å². The molecule has 110 valence electrons. The molecule has 1 aromatic heterocycles. The molecule has 1 saturated carbocycles. The van der Waals surface area contributed by atoms with Crippen LogP contribution in [0.2, 0.25) is 5.02 Å². The molecule has 5 nitrogen and oxygen atoms in total. The van der Waals surface area contributed by atoms with Gasteiger partial charge < -0.3 is 5.11 Å². The van der Waals surface area contributed by atoms with Gasteiger partial charge in [-0.1, -0.05) is 39.3 Å². The second-order valence-corrected chi connectivity index (χ2v) is 6.99. The van der Waals surface area contributed by atoms with Gasteiger partial charge in [0.25, 0.3) is 0 Å². The minimum absolute atomic E-state index is 0.0586. The molecule has 1 heterocycles. The molecule has 1 fully saturated rings. The van der Waals surface area contributed by atoms with Gasteiger partial charge in [0.15, 0.2) is 5.16 Å². The Bertz CT molecular complexity index is 703. The number of carbonyl (C=O) groups is 1. The van der Waals surface area contributed by atoms with Gasteiger partial charge in [-0.2, -0.15) is 0 Å². The molecule has 0 radical (unpaired) electrons. The number of carboxylic acids is 1. The number of thioether (sulfide) groups is 1. The van der Waals surface area contributed by atoms with Crippen molar-refractivity contribution < 1.29 is 9.90 Å². The van der Waals surface area contributed by atoms with E-state index in [2.05, 4.69) is 26.1 Å². The van der Waals surface area contributed by atoms with Gasteiger partial charge in [0, 0.05) is 10.4 Å². The van der Waals surface area contributed by atoms with Crippen molar-refractivity contribution in [2.24, 2.45) is 0 Å². The summed E-state index contributed by atoms with van der Waals surface area (Å²) in [4.78, 5) is 10.8. The Morgan fingerprint density at radius 3 is 2.86 bits per heavy atom. The fourth-order valence-electron chi connectivity index (χ4n) is 2.00. The third-order valence-electron chi connectivity index (χ3n) is 3.08. The number of aliphatic carboxylic acids is 1. The largest absolute Gasteiger partial charge is 0.481 e. The van der Waals surface area contributed by atoms with E-state index in [0.29, 0.717) is 16.1 Å². The highest BCUT2D eigenvalue weighted by Gasteiger charge is 2.31. The van der Waals surface area contributed by atoms with Crippen molar-refractivity contribution in [1.29, 1.82) is 0 Å². The first-order valence-electron chi connectivity index (χ1n) is 6.31. The van der Waals surface area contributed by atoms with Crippen molar-refractivity contribution in [3.8, 4) is 5.69 Å². The van der Waals surface area contributed by atoms with E-state index in [4.69, 9.17) is 16.7 Å². The van der Waals surface area contributed by atoms with Gasteiger partial charge in [-0.15, -0.1) is 10.2 Å². The maximum atomic E-state index is 10.8. The number of rotatable bonds is 5. The maximum Gasteiger partial charge on any atom is 0.313 e. The molecule has 0 amide bonds. The quantitative estimate of drug-likeness (QED) is 0.790. The number of benzene rings is 1. The summed E-state index contributed by atoms with van der Waals surface area (Å²) >= 11 is 10.8. The lowest BCUT2D eigenvalue weighted by Gasteiger charge is -2.11. The van der Waals surface area contributed by atoms with E-state index in [1.165, 1.54) is 0 Å². The standard InChI is InChI=1S/C13H11BrClN3O2S/c14-8-3-4-10(9(15)5-8)18-12(7-1-2-7)16-17-13(18)21-6-11(19)20/h3-5,7H,1-2,6H2,(H,19,20). The SMILES string of the molecule is O=C(O)CSc1nnc(C2CC2)n1-c1ccc(Br)cc1Cl. The van der Waals surface area contributed by atoms with Gasteiger partial charge in [0.1, 0.15) is 5.82 Å². The lowest BCUT2D eigenvalue weighted by molar-refractivity contribution is -0.133. The molecule has 2 aromatic rings. The average molecular weight is 389 g/mol. The molecule has 1 aromatic carbocycles. The molecular weight excluding hydrogens is 378 g/mol. The Hall–Kier alpha value is -1.05. The topological polar surface area (TPSA) is 68.0 Å². The van der Waals surface area contributed by atoms with E-state index in [9.17, 15) is 4.79 Å². The summed E-state index contributed by atoms with van der Waals surface area (Å²) in [6, 6.07) is 5.58. The lowest BCUT2D eigenvalue weighted by Crippen LogP contribution is -2.05. The maximum absolute atomic E-state index is 10.8. The Labute approximate surface area is 138 Å². The second kappa shape index (κ2) is 5.98. The summed E-state index contributed by atoms with van der Waals surface area (Å²) in [7, 11) is 0. The van der Waals surface area contributed by atoms with Crippen LogP contribution in [0.15, 0.2) is 27.8 Å². The van der Waals surface area contributed by atoms with Crippen molar-refractivity contribution in [2.45, 2.75) is 23.9 Å². The fraction of sp³-hybridized carbons (Fsp3) is 0.308. The number of aromatic nitrogens is 3. The van der Waals surface area contributed by atoms with Crippen LogP contribution in [0.3, 0.4) is 0 Å². The highest BCUT2D eigenvalue weighted by atomic mass is 79.9. The predicted molar refractivity (Wildman–Crippen MR) is 84.4 cm³/mol. The van der Waals surface area contributed by atoms with Gasteiger partial charge in [-0.3, -0.25) is 9.36 Å². The van der Waals surface area contributed by atoms with Crippen molar-refractivity contribution in [3.63, 3.8) is 0 Å². The smallest absolute Gasteiger partial charge is 0.313 e. The molecule has 1 aliphatic carbocycles. The Morgan fingerprint density at radius 2 is 2.24 bits per heavy atom. The summed E-state index contributed by atoms with van der Waals surface area (Å²) in [6.07, 6.45) is 2.16. The molecule has 3 rings (SSSR count). The van der Waals surface area contributed by atoms with Crippen LogP contribution in [-0.4, -0.2) is 31.6 Å². The van der Waals surface area contributed by atoms with E-state index in [-0.39, 0.29) is 5.75 Å². The zero-order valence-electron chi connectivity index (χ0n) is 10.8. The minimum Gasteiger partial charge on any atom is -0.481 e. The van der Waals surface area contributed by atoms with Crippen LogP contribution in [0, 0.1) is 0 Å². The number of nitrogens with zero attached hydrogens (tertiary/aromatic N) is 3. The van der Waals surface area contributed by atoms with Gasteiger partial charge in [-0.25, -0.2) is 0 Å². The molecule has 0 bridgehead atoms. The van der Waals surface area contributed by atoms with Crippen LogP contribution in [0.1, 0.15) is 24.6 Å². The van der Waals surface area contributed by atoms with Gasteiger partial charge in [-0.05, 0) is 31.0 Å². The number of carboxylic acid groups (broad SMARTS) is 1. The first-order valence-corrected chi connectivity index (χ1v) is 8.47. The van der Waals surface area contributed by atoms with E-state index < -0.39 is 5.97 Å². The van der Waals surface area contributed by atoms with Gasteiger partial charge >= 0.3 is 5.97 Å². The first kappa shape index (κ1) is 14.9. The molecule has 0 saturated heterocycles. The molecule has 1 aliphatic rings. The van der Waals surface area contributed by atoms with E-state index in [0.717, 1.165) is 40.6 Å².